The van der Waals surface area contributed by atoms with Gasteiger partial charge in [-0.1, -0.05) is 28.1 Å². The van der Waals surface area contributed by atoms with Gasteiger partial charge in [0.05, 0.1) is 19.6 Å². The average molecular weight is 569 g/mol. The minimum atomic E-state index is -0.436. The van der Waals surface area contributed by atoms with Crippen LogP contribution in [0.3, 0.4) is 0 Å². The molecule has 0 fully saturated rings. The van der Waals surface area contributed by atoms with Gasteiger partial charge in [-0.05, 0) is 79.4 Å². The van der Waals surface area contributed by atoms with Crippen molar-refractivity contribution in [2.45, 2.75) is 6.61 Å². The Morgan fingerprint density at radius 2 is 1.57 bits per heavy atom. The maximum Gasteiger partial charge on any atom is 0.269 e. The van der Waals surface area contributed by atoms with Gasteiger partial charge in [-0.2, -0.15) is 0 Å². The number of hydrogen-bond donors (Lipinski definition) is 0. The second-order valence-corrected chi connectivity index (χ2v) is 8.38. The van der Waals surface area contributed by atoms with E-state index in [1.165, 1.54) is 12.1 Å². The van der Waals surface area contributed by atoms with Crippen molar-refractivity contribution >= 4 is 65.4 Å². The zero-order valence-corrected chi connectivity index (χ0v) is 19.1. The van der Waals surface area contributed by atoms with Gasteiger partial charge < -0.3 is 4.74 Å². The van der Waals surface area contributed by atoms with E-state index in [0.29, 0.717) is 18.0 Å². The maximum absolute atomic E-state index is 10.7. The number of benzene rings is 3. The normalized spacial score (nSPS) is 11.0. The Bertz CT molecular complexity index is 997. The Labute approximate surface area is 187 Å². The van der Waals surface area contributed by atoms with Crippen molar-refractivity contribution in [3.63, 3.8) is 0 Å². The highest BCUT2D eigenvalue weighted by atomic mass is 79.9. The van der Waals surface area contributed by atoms with Crippen LogP contribution in [0.4, 0.5) is 11.4 Å². The molecule has 0 bridgehead atoms. The molecule has 0 saturated heterocycles. The summed E-state index contributed by atoms with van der Waals surface area (Å²) in [5.74, 6) is 0.704. The quantitative estimate of drug-likeness (QED) is 0.179. The fraction of sp³-hybridized carbons (Fsp3) is 0.0500. The molecule has 0 N–H and O–H groups in total. The number of aliphatic imine (C=N–C) groups is 1. The van der Waals surface area contributed by atoms with Gasteiger partial charge in [0, 0.05) is 22.8 Å². The SMILES string of the molecule is O=[N+]([O-])c1ccc(N=Cc2cc(Br)c(OCc3ccc(Br)cc3)c(Br)c2)cc1. The van der Waals surface area contributed by atoms with E-state index in [0.717, 1.165) is 24.5 Å². The molecule has 0 aliphatic heterocycles. The highest BCUT2D eigenvalue weighted by Crippen LogP contribution is 2.35. The summed E-state index contributed by atoms with van der Waals surface area (Å²) in [5, 5.41) is 10.7. The molecule has 5 nitrogen and oxygen atoms in total. The summed E-state index contributed by atoms with van der Waals surface area (Å²) < 4.78 is 8.54. The molecule has 8 heteroatoms. The van der Waals surface area contributed by atoms with Crippen molar-refractivity contribution in [2.75, 3.05) is 0 Å². The van der Waals surface area contributed by atoms with Crippen molar-refractivity contribution in [3.05, 3.63) is 95.3 Å². The summed E-state index contributed by atoms with van der Waals surface area (Å²) in [5.41, 5.74) is 2.59. The topological polar surface area (TPSA) is 64.7 Å². The monoisotopic (exact) mass is 566 g/mol. The second kappa shape index (κ2) is 9.45. The molecule has 0 aliphatic carbocycles. The maximum atomic E-state index is 10.7. The van der Waals surface area contributed by atoms with Gasteiger partial charge in [0.2, 0.25) is 0 Å². The summed E-state index contributed by atoms with van der Waals surface area (Å²) in [6.07, 6.45) is 1.69. The van der Waals surface area contributed by atoms with E-state index in [2.05, 4.69) is 52.8 Å². The van der Waals surface area contributed by atoms with Crippen LogP contribution in [-0.2, 0) is 6.61 Å². The lowest BCUT2D eigenvalue weighted by Crippen LogP contribution is -1.97. The van der Waals surface area contributed by atoms with E-state index in [4.69, 9.17) is 4.74 Å². The number of hydrogen-bond acceptors (Lipinski definition) is 4. The van der Waals surface area contributed by atoms with Crippen LogP contribution in [-0.4, -0.2) is 11.1 Å². The molecule has 0 aromatic heterocycles. The molecule has 0 unspecified atom stereocenters. The van der Waals surface area contributed by atoms with E-state index in [-0.39, 0.29) is 5.69 Å². The molecule has 0 aliphatic rings. The van der Waals surface area contributed by atoms with Crippen molar-refractivity contribution in [2.24, 2.45) is 4.99 Å². The summed E-state index contributed by atoms with van der Waals surface area (Å²) in [4.78, 5) is 14.6. The van der Waals surface area contributed by atoms with Crippen LogP contribution in [0, 0.1) is 10.1 Å². The second-order valence-electron chi connectivity index (χ2n) is 5.76. The molecule has 0 amide bonds. The third kappa shape index (κ3) is 5.50. The molecule has 0 heterocycles. The van der Waals surface area contributed by atoms with Crippen molar-refractivity contribution in [1.82, 2.24) is 0 Å². The van der Waals surface area contributed by atoms with E-state index < -0.39 is 4.92 Å². The first-order chi connectivity index (χ1) is 13.4. The van der Waals surface area contributed by atoms with E-state index in [9.17, 15) is 10.1 Å². The van der Waals surface area contributed by atoms with E-state index >= 15 is 0 Å². The fourth-order valence-corrected chi connectivity index (χ4v) is 4.05. The Morgan fingerprint density at radius 1 is 0.964 bits per heavy atom. The molecule has 0 saturated carbocycles. The third-order valence-corrected chi connectivity index (χ3v) is 5.45. The van der Waals surface area contributed by atoms with Crippen molar-refractivity contribution < 1.29 is 9.66 Å². The number of non-ortho nitro benzene ring substituents is 1. The van der Waals surface area contributed by atoms with Crippen LogP contribution in [0.25, 0.3) is 0 Å². The minimum Gasteiger partial charge on any atom is -0.487 e. The minimum absolute atomic E-state index is 0.0386. The molecular weight excluding hydrogens is 556 g/mol. The lowest BCUT2D eigenvalue weighted by atomic mass is 10.2. The highest BCUT2D eigenvalue weighted by molar-refractivity contribution is 9.11. The predicted molar refractivity (Wildman–Crippen MR) is 121 cm³/mol. The van der Waals surface area contributed by atoms with Crippen LogP contribution < -0.4 is 4.74 Å². The summed E-state index contributed by atoms with van der Waals surface area (Å²) in [7, 11) is 0. The fourth-order valence-electron chi connectivity index (χ4n) is 2.34. The molecule has 0 spiro atoms. The van der Waals surface area contributed by atoms with Crippen LogP contribution in [0.1, 0.15) is 11.1 Å². The molecule has 142 valence electrons. The molecule has 3 aromatic rings. The van der Waals surface area contributed by atoms with Crippen LogP contribution in [0.2, 0.25) is 0 Å². The summed E-state index contributed by atoms with van der Waals surface area (Å²) in [6, 6.07) is 17.8. The Balaban J connectivity index is 1.71. The Hall–Kier alpha value is -2.03. The van der Waals surface area contributed by atoms with Gasteiger partial charge in [0.1, 0.15) is 12.4 Å². The molecule has 3 aromatic carbocycles. The molecule has 28 heavy (non-hydrogen) atoms. The molecule has 0 atom stereocenters. The number of nitro benzene ring substituents is 1. The van der Waals surface area contributed by atoms with Gasteiger partial charge in [-0.3, -0.25) is 15.1 Å². The molecular formula is C20H13Br3N2O3. The van der Waals surface area contributed by atoms with Gasteiger partial charge in [0.15, 0.2) is 0 Å². The number of rotatable bonds is 6. The first kappa shape index (κ1) is 20.7. The Morgan fingerprint density at radius 3 is 2.14 bits per heavy atom. The molecule has 0 radical (unpaired) electrons. The largest absolute Gasteiger partial charge is 0.487 e. The number of nitrogens with zero attached hydrogens (tertiary/aromatic N) is 2. The van der Waals surface area contributed by atoms with Crippen molar-refractivity contribution in [1.29, 1.82) is 0 Å². The van der Waals surface area contributed by atoms with Crippen molar-refractivity contribution in [3.8, 4) is 5.75 Å². The lowest BCUT2D eigenvalue weighted by molar-refractivity contribution is -0.384. The number of nitro groups is 1. The van der Waals surface area contributed by atoms with Gasteiger partial charge >= 0.3 is 0 Å². The van der Waals surface area contributed by atoms with Gasteiger partial charge in [-0.25, -0.2) is 0 Å². The first-order valence-electron chi connectivity index (χ1n) is 8.07. The lowest BCUT2D eigenvalue weighted by Gasteiger charge is -2.11. The van der Waals surface area contributed by atoms with Crippen LogP contribution >= 0.6 is 47.8 Å². The van der Waals surface area contributed by atoms with E-state index in [1.807, 2.05) is 36.4 Å². The third-order valence-electron chi connectivity index (χ3n) is 3.74. The van der Waals surface area contributed by atoms with Gasteiger partial charge in [0.25, 0.3) is 5.69 Å². The van der Waals surface area contributed by atoms with Crippen LogP contribution in [0.5, 0.6) is 5.75 Å². The van der Waals surface area contributed by atoms with Gasteiger partial charge in [-0.15, -0.1) is 0 Å². The number of ether oxygens (including phenoxy) is 1. The summed E-state index contributed by atoms with van der Waals surface area (Å²) >= 11 is 10.5. The number of halogens is 3. The first-order valence-corrected chi connectivity index (χ1v) is 10.4. The predicted octanol–water partition coefficient (Wildman–Crippen LogP) is 7.21. The van der Waals surface area contributed by atoms with E-state index in [1.54, 1.807) is 18.3 Å². The summed E-state index contributed by atoms with van der Waals surface area (Å²) in [6.45, 7) is 0.445. The average Bonchev–Trinajstić information content (AvgIpc) is 2.67. The zero-order chi connectivity index (χ0) is 20.1. The smallest absolute Gasteiger partial charge is 0.269 e. The Kier molecular flexibility index (Phi) is 6.98. The highest BCUT2D eigenvalue weighted by Gasteiger charge is 2.09. The molecule has 3 rings (SSSR count). The zero-order valence-electron chi connectivity index (χ0n) is 14.3. The standard InChI is InChI=1S/C20H13Br3N2O3/c21-15-3-1-13(2-4-15)12-28-20-18(22)9-14(10-19(20)23)11-24-16-5-7-17(8-6-16)25(26)27/h1-11H,12H2. The van der Waals surface area contributed by atoms with Crippen LogP contribution in [0.15, 0.2) is 79.1 Å².